The lowest BCUT2D eigenvalue weighted by Gasteiger charge is -2.47. The third kappa shape index (κ3) is 3.47. The highest BCUT2D eigenvalue weighted by molar-refractivity contribution is 7.84. The van der Waals surface area contributed by atoms with Gasteiger partial charge in [-0.15, -0.1) is 0 Å². The van der Waals surface area contributed by atoms with Crippen LogP contribution in [0.15, 0.2) is 0 Å². The third-order valence-corrected chi connectivity index (χ3v) is 5.78. The molecule has 1 heterocycles. The van der Waals surface area contributed by atoms with Gasteiger partial charge in [-0.2, -0.15) is 0 Å². The monoisotopic (exact) mass is 316 g/mol. The van der Waals surface area contributed by atoms with Crippen LogP contribution in [0.5, 0.6) is 0 Å². The van der Waals surface area contributed by atoms with Gasteiger partial charge in [-0.25, -0.2) is 0 Å². The number of nitrogens with zero attached hydrogens (tertiary/aromatic N) is 1. The molecule has 1 fully saturated rings. The van der Waals surface area contributed by atoms with Gasteiger partial charge in [-0.05, 0) is 25.7 Å². The molecular formula is C15H28N2O3S. The summed E-state index contributed by atoms with van der Waals surface area (Å²) in [5.41, 5.74) is -0.808. The summed E-state index contributed by atoms with van der Waals surface area (Å²) < 4.78 is 11.7. The SMILES string of the molecule is CCC1(CC)NC(=O)C(C(C)C)N(CC(C)S(C)=O)C1=O. The van der Waals surface area contributed by atoms with Gasteiger partial charge in [0.2, 0.25) is 11.8 Å². The second-order valence-corrected chi connectivity index (χ2v) is 8.04. The van der Waals surface area contributed by atoms with Crippen LogP contribution in [0.25, 0.3) is 0 Å². The van der Waals surface area contributed by atoms with Crippen molar-refractivity contribution in [2.75, 3.05) is 12.8 Å². The molecule has 1 aliphatic rings. The Morgan fingerprint density at radius 3 is 2.14 bits per heavy atom. The molecule has 1 saturated heterocycles. The highest BCUT2D eigenvalue weighted by Gasteiger charge is 2.49. The maximum Gasteiger partial charge on any atom is 0.249 e. The number of piperazine rings is 1. The maximum atomic E-state index is 12.9. The van der Waals surface area contributed by atoms with E-state index in [1.54, 1.807) is 11.2 Å². The van der Waals surface area contributed by atoms with Crippen molar-refractivity contribution in [1.29, 1.82) is 0 Å². The topological polar surface area (TPSA) is 66.5 Å². The van der Waals surface area contributed by atoms with Crippen LogP contribution in [-0.4, -0.2) is 50.6 Å². The molecule has 0 aromatic rings. The minimum absolute atomic E-state index is 0.0261. The molecule has 21 heavy (non-hydrogen) atoms. The van der Waals surface area contributed by atoms with Crippen LogP contribution in [0.3, 0.4) is 0 Å². The summed E-state index contributed by atoms with van der Waals surface area (Å²) >= 11 is 0. The Bertz CT molecular complexity index is 433. The summed E-state index contributed by atoms with van der Waals surface area (Å²) in [4.78, 5) is 27.1. The number of amides is 2. The van der Waals surface area contributed by atoms with Crippen LogP contribution in [0.4, 0.5) is 0 Å². The zero-order valence-corrected chi connectivity index (χ0v) is 14.8. The average molecular weight is 316 g/mol. The Hall–Kier alpha value is -0.910. The van der Waals surface area contributed by atoms with Crippen LogP contribution < -0.4 is 5.32 Å². The Morgan fingerprint density at radius 2 is 1.76 bits per heavy atom. The van der Waals surface area contributed by atoms with Crippen LogP contribution in [-0.2, 0) is 20.4 Å². The molecule has 0 saturated carbocycles. The van der Waals surface area contributed by atoms with Crippen molar-refractivity contribution in [2.45, 2.75) is 64.3 Å². The normalized spacial score (nSPS) is 24.9. The number of hydrogen-bond acceptors (Lipinski definition) is 3. The molecule has 1 rings (SSSR count). The van der Waals surface area contributed by atoms with E-state index in [1.807, 2.05) is 34.6 Å². The van der Waals surface area contributed by atoms with E-state index in [4.69, 9.17) is 0 Å². The second kappa shape index (κ2) is 6.90. The number of carbonyl (C=O) groups excluding carboxylic acids is 2. The van der Waals surface area contributed by atoms with Crippen molar-refractivity contribution in [3.05, 3.63) is 0 Å². The molecule has 122 valence electrons. The molecule has 3 atom stereocenters. The van der Waals surface area contributed by atoms with Gasteiger partial charge in [0.05, 0.1) is 0 Å². The van der Waals surface area contributed by atoms with Gasteiger partial charge in [0, 0.05) is 28.9 Å². The van der Waals surface area contributed by atoms with Crippen molar-refractivity contribution in [3.63, 3.8) is 0 Å². The Labute approximate surface area is 130 Å². The molecule has 0 bridgehead atoms. The van der Waals surface area contributed by atoms with Crippen molar-refractivity contribution in [2.24, 2.45) is 5.92 Å². The third-order valence-electron chi connectivity index (χ3n) is 4.50. The Morgan fingerprint density at radius 1 is 1.24 bits per heavy atom. The lowest BCUT2D eigenvalue weighted by molar-refractivity contribution is -0.157. The molecule has 3 unspecified atom stereocenters. The number of hydrogen-bond donors (Lipinski definition) is 1. The van der Waals surface area contributed by atoms with Crippen molar-refractivity contribution in [1.82, 2.24) is 10.2 Å². The van der Waals surface area contributed by atoms with E-state index in [9.17, 15) is 13.8 Å². The molecule has 5 nitrogen and oxygen atoms in total. The summed E-state index contributed by atoms with van der Waals surface area (Å²) in [6.45, 7) is 9.91. The summed E-state index contributed by atoms with van der Waals surface area (Å²) in [6, 6.07) is -0.477. The minimum Gasteiger partial charge on any atom is -0.340 e. The predicted octanol–water partition coefficient (Wildman–Crippen LogP) is 1.30. The van der Waals surface area contributed by atoms with Crippen molar-refractivity contribution < 1.29 is 13.8 Å². The summed E-state index contributed by atoms with van der Waals surface area (Å²) in [5, 5.41) is 2.79. The summed E-state index contributed by atoms with van der Waals surface area (Å²) in [5.74, 6) is -0.108. The first-order valence-corrected chi connectivity index (χ1v) is 9.27. The van der Waals surface area contributed by atoms with Gasteiger partial charge >= 0.3 is 0 Å². The van der Waals surface area contributed by atoms with Gasteiger partial charge in [0.15, 0.2) is 0 Å². The molecule has 6 heteroatoms. The summed E-state index contributed by atoms with van der Waals surface area (Å²) in [6.07, 6.45) is 2.77. The lowest BCUT2D eigenvalue weighted by Crippen LogP contribution is -2.71. The van der Waals surface area contributed by atoms with Gasteiger partial charge in [-0.1, -0.05) is 27.7 Å². The molecule has 0 aliphatic carbocycles. The van der Waals surface area contributed by atoms with E-state index in [0.717, 1.165) is 0 Å². The van der Waals surface area contributed by atoms with Gasteiger partial charge in [-0.3, -0.25) is 13.8 Å². The van der Waals surface area contributed by atoms with Crippen LogP contribution >= 0.6 is 0 Å². The summed E-state index contributed by atoms with van der Waals surface area (Å²) in [7, 11) is -1.02. The molecule has 0 radical (unpaired) electrons. The van der Waals surface area contributed by atoms with Gasteiger partial charge in [0.1, 0.15) is 11.6 Å². The first-order valence-electron chi connectivity index (χ1n) is 7.65. The number of rotatable bonds is 6. The van der Waals surface area contributed by atoms with E-state index in [1.165, 1.54) is 0 Å². The zero-order valence-electron chi connectivity index (χ0n) is 13.9. The highest BCUT2D eigenvalue weighted by Crippen LogP contribution is 2.28. The van der Waals surface area contributed by atoms with Crippen LogP contribution in [0.2, 0.25) is 0 Å². The molecule has 1 aliphatic heterocycles. The highest BCUT2D eigenvalue weighted by atomic mass is 32.2. The first-order chi connectivity index (χ1) is 9.70. The van der Waals surface area contributed by atoms with Crippen LogP contribution in [0, 0.1) is 5.92 Å². The quantitative estimate of drug-likeness (QED) is 0.803. The van der Waals surface area contributed by atoms with Gasteiger partial charge < -0.3 is 10.2 Å². The maximum absolute atomic E-state index is 12.9. The van der Waals surface area contributed by atoms with Crippen LogP contribution in [0.1, 0.15) is 47.5 Å². The molecule has 1 N–H and O–H groups in total. The Balaban J connectivity index is 3.18. The largest absolute Gasteiger partial charge is 0.340 e. The van der Waals surface area contributed by atoms with E-state index in [0.29, 0.717) is 19.4 Å². The van der Waals surface area contributed by atoms with Crippen molar-refractivity contribution in [3.8, 4) is 0 Å². The standard InChI is InChI=1S/C15H28N2O3S/c1-7-15(8-2)14(19)17(9-11(5)21(6)20)12(10(3)4)13(18)16-15/h10-12H,7-9H2,1-6H3,(H,16,18). The minimum atomic E-state index is -1.02. The van der Waals surface area contributed by atoms with E-state index >= 15 is 0 Å². The average Bonchev–Trinajstić information content (AvgIpc) is 2.41. The molecule has 0 spiro atoms. The lowest BCUT2D eigenvalue weighted by atomic mass is 9.85. The second-order valence-electron chi connectivity index (χ2n) is 6.23. The predicted molar refractivity (Wildman–Crippen MR) is 85.3 cm³/mol. The smallest absolute Gasteiger partial charge is 0.249 e. The zero-order chi connectivity index (χ0) is 16.4. The fourth-order valence-electron chi connectivity index (χ4n) is 2.88. The Kier molecular flexibility index (Phi) is 5.96. The molecule has 0 aromatic carbocycles. The fourth-order valence-corrected chi connectivity index (χ4v) is 3.25. The van der Waals surface area contributed by atoms with E-state index in [-0.39, 0.29) is 23.0 Å². The number of nitrogens with one attached hydrogen (secondary N) is 1. The molecule has 0 aromatic heterocycles. The van der Waals surface area contributed by atoms with Gasteiger partial charge in [0.25, 0.3) is 0 Å². The van der Waals surface area contributed by atoms with E-state index in [2.05, 4.69) is 5.32 Å². The first kappa shape index (κ1) is 18.1. The molecular weight excluding hydrogens is 288 g/mol. The number of carbonyl (C=O) groups is 2. The van der Waals surface area contributed by atoms with E-state index < -0.39 is 22.4 Å². The fraction of sp³-hybridized carbons (Fsp3) is 0.867. The molecule has 2 amide bonds. The van der Waals surface area contributed by atoms with Crippen molar-refractivity contribution >= 4 is 22.6 Å².